The summed E-state index contributed by atoms with van der Waals surface area (Å²) in [5.74, 6) is 4.41. The number of anilines is 1. The lowest BCUT2D eigenvalue weighted by atomic mass is 10.2. The summed E-state index contributed by atoms with van der Waals surface area (Å²) >= 11 is 4.03. The van der Waals surface area contributed by atoms with E-state index in [1.807, 2.05) is 30.6 Å². The molecule has 0 aromatic carbocycles. The second kappa shape index (κ2) is 6.66. The first-order chi connectivity index (χ1) is 8.74. The van der Waals surface area contributed by atoms with Crippen molar-refractivity contribution in [1.82, 2.24) is 9.97 Å². The van der Waals surface area contributed by atoms with Crippen LogP contribution in [-0.2, 0) is 6.42 Å². The van der Waals surface area contributed by atoms with Crippen LogP contribution in [0, 0.1) is 0 Å². The van der Waals surface area contributed by atoms with Crippen molar-refractivity contribution in [3.63, 3.8) is 0 Å². The van der Waals surface area contributed by atoms with Crippen molar-refractivity contribution in [2.24, 2.45) is 0 Å². The molecule has 0 spiro atoms. The zero-order valence-corrected chi connectivity index (χ0v) is 12.9. The summed E-state index contributed by atoms with van der Waals surface area (Å²) in [5, 5.41) is 4.19. The molecule has 1 N–H and O–H groups in total. The average Bonchev–Trinajstić information content (AvgIpc) is 2.39. The molecule has 5 heteroatoms. The highest BCUT2D eigenvalue weighted by Crippen LogP contribution is 2.41. The van der Waals surface area contributed by atoms with Gasteiger partial charge in [-0.05, 0) is 6.42 Å². The van der Waals surface area contributed by atoms with Gasteiger partial charge in [0.15, 0.2) is 0 Å². The van der Waals surface area contributed by atoms with E-state index in [2.05, 4.69) is 30.2 Å². The van der Waals surface area contributed by atoms with Gasteiger partial charge < -0.3 is 5.32 Å². The molecular formula is C13H21N3S2. The molecule has 1 fully saturated rings. The fourth-order valence-corrected chi connectivity index (χ4v) is 4.76. The highest BCUT2D eigenvalue weighted by molar-refractivity contribution is 8.06. The number of aryl methyl sites for hydroxylation is 1. The molecule has 1 aromatic heterocycles. The monoisotopic (exact) mass is 283 g/mol. The van der Waals surface area contributed by atoms with Gasteiger partial charge in [-0.1, -0.05) is 20.3 Å². The zero-order chi connectivity index (χ0) is 13.0. The van der Waals surface area contributed by atoms with Crippen LogP contribution >= 0.6 is 23.5 Å². The molecular weight excluding hydrogens is 262 g/mol. The maximum absolute atomic E-state index is 4.76. The largest absolute Gasteiger partial charge is 0.373 e. The maximum atomic E-state index is 4.76. The normalized spacial score (nSPS) is 23.9. The molecule has 2 atom stereocenters. The summed E-state index contributed by atoms with van der Waals surface area (Å²) in [6.07, 6.45) is 2.16. The third-order valence-electron chi connectivity index (χ3n) is 3.00. The van der Waals surface area contributed by atoms with Crippen molar-refractivity contribution < 1.29 is 0 Å². The van der Waals surface area contributed by atoms with E-state index >= 15 is 0 Å². The summed E-state index contributed by atoms with van der Waals surface area (Å²) in [4.78, 5) is 9.41. The van der Waals surface area contributed by atoms with Gasteiger partial charge in [-0.15, -0.1) is 11.8 Å². The Morgan fingerprint density at radius 2 is 2.11 bits per heavy atom. The van der Waals surface area contributed by atoms with E-state index in [-0.39, 0.29) is 0 Å². The predicted octanol–water partition coefficient (Wildman–Crippen LogP) is 3.38. The molecule has 0 radical (unpaired) electrons. The first kappa shape index (κ1) is 14.0. The second-order valence-electron chi connectivity index (χ2n) is 4.47. The number of hydrogen-bond acceptors (Lipinski definition) is 5. The molecule has 100 valence electrons. The minimum atomic E-state index is 0.438. The van der Waals surface area contributed by atoms with Gasteiger partial charge in [0.25, 0.3) is 0 Å². The quantitative estimate of drug-likeness (QED) is 0.917. The van der Waals surface area contributed by atoms with E-state index in [0.29, 0.717) is 10.5 Å². The molecule has 2 unspecified atom stereocenters. The van der Waals surface area contributed by atoms with Gasteiger partial charge in [0.1, 0.15) is 11.6 Å². The van der Waals surface area contributed by atoms with Gasteiger partial charge in [-0.25, -0.2) is 9.97 Å². The first-order valence-electron chi connectivity index (χ1n) is 6.53. The third-order valence-corrected chi connectivity index (χ3v) is 6.09. The molecule has 3 nitrogen and oxygen atoms in total. The van der Waals surface area contributed by atoms with E-state index in [0.717, 1.165) is 30.2 Å². The Kier molecular flexibility index (Phi) is 5.18. The Labute approximate surface area is 118 Å². The number of nitrogens with zero attached hydrogens (tertiary/aromatic N) is 2. The van der Waals surface area contributed by atoms with Gasteiger partial charge in [0.05, 0.1) is 5.25 Å². The van der Waals surface area contributed by atoms with Gasteiger partial charge in [-0.3, -0.25) is 0 Å². The van der Waals surface area contributed by atoms with Gasteiger partial charge in [0, 0.05) is 35.6 Å². The van der Waals surface area contributed by atoms with E-state index < -0.39 is 0 Å². The number of nitrogens with one attached hydrogen (secondary N) is 1. The SMILES string of the molecule is CCCc1cc(NC)nc(C2SCCSC2C)n1. The van der Waals surface area contributed by atoms with Crippen LogP contribution in [0.1, 0.15) is 37.0 Å². The second-order valence-corrected chi connectivity index (χ2v) is 7.20. The van der Waals surface area contributed by atoms with Crippen LogP contribution in [0.15, 0.2) is 6.07 Å². The van der Waals surface area contributed by atoms with E-state index in [1.165, 1.54) is 11.5 Å². The fraction of sp³-hybridized carbons (Fsp3) is 0.692. The Morgan fingerprint density at radius 1 is 1.33 bits per heavy atom. The minimum Gasteiger partial charge on any atom is -0.373 e. The summed E-state index contributed by atoms with van der Waals surface area (Å²) < 4.78 is 0. The van der Waals surface area contributed by atoms with Gasteiger partial charge in [-0.2, -0.15) is 11.8 Å². The zero-order valence-electron chi connectivity index (χ0n) is 11.3. The lowest BCUT2D eigenvalue weighted by Crippen LogP contribution is -2.19. The fourth-order valence-electron chi connectivity index (χ4n) is 2.07. The summed E-state index contributed by atoms with van der Waals surface area (Å²) in [7, 11) is 1.92. The summed E-state index contributed by atoms with van der Waals surface area (Å²) in [6.45, 7) is 4.48. The maximum Gasteiger partial charge on any atom is 0.145 e. The summed E-state index contributed by atoms with van der Waals surface area (Å²) in [6, 6.07) is 2.07. The lowest BCUT2D eigenvalue weighted by Gasteiger charge is -2.27. The number of rotatable bonds is 4. The third kappa shape index (κ3) is 3.32. The minimum absolute atomic E-state index is 0.438. The van der Waals surface area contributed by atoms with Crippen LogP contribution < -0.4 is 5.32 Å². The van der Waals surface area contributed by atoms with Crippen molar-refractivity contribution in [1.29, 1.82) is 0 Å². The molecule has 1 aliphatic heterocycles. The summed E-state index contributed by atoms with van der Waals surface area (Å²) in [5.41, 5.74) is 1.16. The van der Waals surface area contributed by atoms with Crippen molar-refractivity contribution in [3.05, 3.63) is 17.6 Å². The molecule has 0 saturated carbocycles. The Balaban J connectivity index is 2.27. The first-order valence-corrected chi connectivity index (χ1v) is 8.63. The van der Waals surface area contributed by atoms with Gasteiger partial charge >= 0.3 is 0 Å². The molecule has 1 saturated heterocycles. The van der Waals surface area contributed by atoms with E-state index in [4.69, 9.17) is 4.98 Å². The predicted molar refractivity (Wildman–Crippen MR) is 82.7 cm³/mol. The Morgan fingerprint density at radius 3 is 2.78 bits per heavy atom. The van der Waals surface area contributed by atoms with Crippen molar-refractivity contribution >= 4 is 29.3 Å². The molecule has 2 heterocycles. The standard InChI is InChI=1S/C13H21N3S2/c1-4-5-10-8-11(14-3)16-13(15-10)12-9(2)17-6-7-18-12/h8-9,12H,4-7H2,1-3H3,(H,14,15,16). The van der Waals surface area contributed by atoms with Crippen molar-refractivity contribution in [2.45, 2.75) is 37.2 Å². The molecule has 18 heavy (non-hydrogen) atoms. The molecule has 1 aliphatic rings. The highest BCUT2D eigenvalue weighted by atomic mass is 32.2. The highest BCUT2D eigenvalue weighted by Gasteiger charge is 2.27. The van der Waals surface area contributed by atoms with Crippen LogP contribution in [0.2, 0.25) is 0 Å². The number of thioether (sulfide) groups is 2. The molecule has 1 aromatic rings. The smallest absolute Gasteiger partial charge is 0.145 e. The molecule has 0 amide bonds. The van der Waals surface area contributed by atoms with Crippen LogP contribution in [0.4, 0.5) is 5.82 Å². The van der Waals surface area contributed by atoms with Gasteiger partial charge in [0.2, 0.25) is 0 Å². The van der Waals surface area contributed by atoms with E-state index in [9.17, 15) is 0 Å². The lowest BCUT2D eigenvalue weighted by molar-refractivity contribution is 0.788. The molecule has 0 aliphatic carbocycles. The van der Waals surface area contributed by atoms with Crippen molar-refractivity contribution in [2.75, 3.05) is 23.9 Å². The number of aromatic nitrogens is 2. The Bertz CT molecular complexity index is 398. The Hall–Kier alpha value is -0.420. The van der Waals surface area contributed by atoms with Crippen LogP contribution in [0.5, 0.6) is 0 Å². The van der Waals surface area contributed by atoms with Crippen LogP contribution in [-0.4, -0.2) is 33.8 Å². The molecule has 0 bridgehead atoms. The van der Waals surface area contributed by atoms with Crippen LogP contribution in [0.3, 0.4) is 0 Å². The van der Waals surface area contributed by atoms with Crippen molar-refractivity contribution in [3.8, 4) is 0 Å². The van der Waals surface area contributed by atoms with E-state index in [1.54, 1.807) is 0 Å². The number of hydrogen-bond donors (Lipinski definition) is 1. The topological polar surface area (TPSA) is 37.8 Å². The van der Waals surface area contributed by atoms with Crippen LogP contribution in [0.25, 0.3) is 0 Å². The molecule has 2 rings (SSSR count). The average molecular weight is 283 g/mol.